The summed E-state index contributed by atoms with van der Waals surface area (Å²) in [6, 6.07) is 3.51. The van der Waals surface area contributed by atoms with Gasteiger partial charge in [0.05, 0.1) is 6.26 Å². The van der Waals surface area contributed by atoms with Crippen molar-refractivity contribution in [2.24, 2.45) is 5.41 Å². The number of nitrogens with one attached hydrogen (secondary N) is 1. The first-order chi connectivity index (χ1) is 7.45. The lowest BCUT2D eigenvalue weighted by molar-refractivity contribution is 0.0872. The molecule has 1 heterocycles. The minimum absolute atomic E-state index is 0.0377. The molecule has 0 aliphatic carbocycles. The van der Waals surface area contributed by atoms with E-state index >= 15 is 0 Å². The number of carbonyl (C=O) groups is 1. The average molecular weight is 288 g/mol. The maximum absolute atomic E-state index is 11.8. The molecule has 0 aromatic carbocycles. The van der Waals surface area contributed by atoms with Gasteiger partial charge in [0.25, 0.3) is 5.91 Å². The maximum atomic E-state index is 11.8. The molecule has 1 rings (SSSR count). The van der Waals surface area contributed by atoms with E-state index in [2.05, 4.69) is 42.0 Å². The molecule has 0 spiro atoms. The van der Waals surface area contributed by atoms with Crippen LogP contribution in [0.4, 0.5) is 0 Å². The van der Waals surface area contributed by atoms with Gasteiger partial charge in [0.1, 0.15) is 0 Å². The summed E-state index contributed by atoms with van der Waals surface area (Å²) in [6.07, 6.45) is 2.40. The van der Waals surface area contributed by atoms with Crippen molar-refractivity contribution in [3.05, 3.63) is 24.2 Å². The smallest absolute Gasteiger partial charge is 0.287 e. The highest BCUT2D eigenvalue weighted by Crippen LogP contribution is 2.22. The van der Waals surface area contributed by atoms with Gasteiger partial charge in [-0.3, -0.25) is 4.79 Å². The fraction of sp³-hybridized carbons (Fsp3) is 0.583. The number of furan rings is 1. The summed E-state index contributed by atoms with van der Waals surface area (Å²) in [7, 11) is 0. The molecule has 1 aromatic rings. The van der Waals surface area contributed by atoms with Crippen LogP contribution in [0.5, 0.6) is 0 Å². The first-order valence-corrected chi connectivity index (χ1v) is 6.47. The molecule has 90 valence electrons. The third kappa shape index (κ3) is 3.67. The van der Waals surface area contributed by atoms with Crippen LogP contribution < -0.4 is 5.32 Å². The Balaban J connectivity index is 2.66. The Labute approximate surface area is 105 Å². The summed E-state index contributed by atoms with van der Waals surface area (Å²) in [5, 5.41) is 3.87. The second-order valence-corrected chi connectivity index (χ2v) is 5.64. The highest BCUT2D eigenvalue weighted by atomic mass is 79.9. The van der Waals surface area contributed by atoms with Crippen molar-refractivity contribution < 1.29 is 9.21 Å². The van der Waals surface area contributed by atoms with Gasteiger partial charge in [-0.25, -0.2) is 0 Å². The Kier molecular flexibility index (Phi) is 4.59. The van der Waals surface area contributed by atoms with E-state index in [9.17, 15) is 4.79 Å². The van der Waals surface area contributed by atoms with Crippen molar-refractivity contribution in [3.8, 4) is 0 Å². The van der Waals surface area contributed by atoms with Crippen LogP contribution in [-0.4, -0.2) is 17.3 Å². The molecule has 1 unspecified atom stereocenters. The second-order valence-electron chi connectivity index (χ2n) is 4.85. The molecule has 1 N–H and O–H groups in total. The van der Waals surface area contributed by atoms with Gasteiger partial charge in [-0.1, -0.05) is 36.7 Å². The number of hydrogen-bond acceptors (Lipinski definition) is 2. The summed E-state index contributed by atoms with van der Waals surface area (Å²) in [5.41, 5.74) is 0.0377. The number of alkyl halides is 1. The van der Waals surface area contributed by atoms with E-state index in [0.717, 1.165) is 11.8 Å². The molecule has 0 saturated heterocycles. The van der Waals surface area contributed by atoms with Gasteiger partial charge < -0.3 is 9.73 Å². The molecule has 0 saturated carbocycles. The molecule has 4 heteroatoms. The summed E-state index contributed by atoms with van der Waals surface area (Å²) in [4.78, 5) is 11.8. The fourth-order valence-corrected chi connectivity index (χ4v) is 1.93. The predicted octanol–water partition coefficient (Wildman–Crippen LogP) is 3.21. The largest absolute Gasteiger partial charge is 0.459 e. The lowest BCUT2D eigenvalue weighted by Gasteiger charge is -2.30. The molecule has 16 heavy (non-hydrogen) atoms. The Morgan fingerprint density at radius 2 is 2.25 bits per heavy atom. The minimum Gasteiger partial charge on any atom is -0.459 e. The quantitative estimate of drug-likeness (QED) is 0.864. The first-order valence-electron chi connectivity index (χ1n) is 5.35. The molecular formula is C12H18BrNO2. The van der Waals surface area contributed by atoms with Crippen LogP contribution in [0, 0.1) is 5.41 Å². The Morgan fingerprint density at radius 1 is 1.56 bits per heavy atom. The van der Waals surface area contributed by atoms with Gasteiger partial charge in [0.15, 0.2) is 5.76 Å². The zero-order chi connectivity index (χ0) is 12.2. The topological polar surface area (TPSA) is 42.2 Å². The lowest BCUT2D eigenvalue weighted by Crippen LogP contribution is -2.43. The van der Waals surface area contributed by atoms with E-state index in [0.29, 0.717) is 5.76 Å². The Morgan fingerprint density at radius 3 is 2.69 bits per heavy atom. The SMILES string of the molecule is CC(C)(C)C(CCBr)NC(=O)c1ccco1. The monoisotopic (exact) mass is 287 g/mol. The van der Waals surface area contributed by atoms with Crippen LogP contribution in [0.15, 0.2) is 22.8 Å². The fourth-order valence-electron chi connectivity index (χ4n) is 1.47. The number of hydrogen-bond donors (Lipinski definition) is 1. The van der Waals surface area contributed by atoms with E-state index in [-0.39, 0.29) is 17.4 Å². The molecular weight excluding hydrogens is 270 g/mol. The maximum Gasteiger partial charge on any atom is 0.287 e. The van der Waals surface area contributed by atoms with Crippen LogP contribution in [0.2, 0.25) is 0 Å². The molecule has 0 radical (unpaired) electrons. The normalized spacial score (nSPS) is 13.5. The molecule has 0 aliphatic heterocycles. The summed E-state index contributed by atoms with van der Waals surface area (Å²) >= 11 is 3.41. The van der Waals surface area contributed by atoms with Crippen LogP contribution in [0.1, 0.15) is 37.7 Å². The van der Waals surface area contributed by atoms with E-state index in [1.165, 1.54) is 6.26 Å². The third-order valence-corrected chi connectivity index (χ3v) is 2.95. The molecule has 1 amide bonds. The van der Waals surface area contributed by atoms with Crippen molar-refractivity contribution in [1.82, 2.24) is 5.32 Å². The average Bonchev–Trinajstić information content (AvgIpc) is 2.68. The van der Waals surface area contributed by atoms with Gasteiger partial charge in [0, 0.05) is 11.4 Å². The number of halogens is 1. The summed E-state index contributed by atoms with van der Waals surface area (Å²) in [6.45, 7) is 6.34. The van der Waals surface area contributed by atoms with Crippen LogP contribution >= 0.6 is 15.9 Å². The molecule has 0 fully saturated rings. The molecule has 0 aliphatic rings. The van der Waals surface area contributed by atoms with Crippen LogP contribution in [0.3, 0.4) is 0 Å². The third-order valence-electron chi connectivity index (χ3n) is 2.49. The minimum atomic E-state index is -0.147. The van der Waals surface area contributed by atoms with Crippen molar-refractivity contribution in [1.29, 1.82) is 0 Å². The highest BCUT2D eigenvalue weighted by molar-refractivity contribution is 9.09. The van der Waals surface area contributed by atoms with Gasteiger partial charge in [0.2, 0.25) is 0 Å². The Hall–Kier alpha value is -0.770. The van der Waals surface area contributed by atoms with Crippen molar-refractivity contribution >= 4 is 21.8 Å². The predicted molar refractivity (Wildman–Crippen MR) is 67.8 cm³/mol. The zero-order valence-corrected chi connectivity index (χ0v) is 11.5. The molecule has 1 aromatic heterocycles. The highest BCUT2D eigenvalue weighted by Gasteiger charge is 2.26. The standard InChI is InChI=1S/C12H18BrNO2/c1-12(2,3)10(6-7-13)14-11(15)9-5-4-8-16-9/h4-5,8,10H,6-7H2,1-3H3,(H,14,15). The van der Waals surface area contributed by atoms with Crippen LogP contribution in [0.25, 0.3) is 0 Å². The second kappa shape index (κ2) is 5.53. The van der Waals surface area contributed by atoms with Gasteiger partial charge in [-0.05, 0) is 24.0 Å². The van der Waals surface area contributed by atoms with Crippen LogP contribution in [-0.2, 0) is 0 Å². The molecule has 0 bridgehead atoms. The van der Waals surface area contributed by atoms with Gasteiger partial charge in [-0.15, -0.1) is 0 Å². The number of amides is 1. The Bertz CT molecular complexity index is 327. The molecule has 1 atom stereocenters. The summed E-state index contributed by atoms with van der Waals surface area (Å²) < 4.78 is 5.06. The van der Waals surface area contributed by atoms with Crippen molar-refractivity contribution in [3.63, 3.8) is 0 Å². The lowest BCUT2D eigenvalue weighted by atomic mass is 9.85. The van der Waals surface area contributed by atoms with E-state index in [1.807, 2.05) is 0 Å². The molecule has 3 nitrogen and oxygen atoms in total. The van der Waals surface area contributed by atoms with Crippen molar-refractivity contribution in [2.75, 3.05) is 5.33 Å². The van der Waals surface area contributed by atoms with E-state index in [4.69, 9.17) is 4.42 Å². The summed E-state index contributed by atoms with van der Waals surface area (Å²) in [5.74, 6) is 0.217. The van der Waals surface area contributed by atoms with E-state index < -0.39 is 0 Å². The first kappa shape index (κ1) is 13.3. The number of carbonyl (C=O) groups excluding carboxylic acids is 1. The van der Waals surface area contributed by atoms with Gasteiger partial charge in [-0.2, -0.15) is 0 Å². The van der Waals surface area contributed by atoms with E-state index in [1.54, 1.807) is 12.1 Å². The number of rotatable bonds is 4. The zero-order valence-electron chi connectivity index (χ0n) is 9.92. The van der Waals surface area contributed by atoms with Crippen molar-refractivity contribution in [2.45, 2.75) is 33.2 Å². The van der Waals surface area contributed by atoms with Gasteiger partial charge >= 0.3 is 0 Å².